The molecule has 0 radical (unpaired) electrons. The van der Waals surface area contributed by atoms with Gasteiger partial charge in [0.05, 0.1) is 0 Å². The molecule has 2 N–H and O–H groups in total. The zero-order chi connectivity index (χ0) is 13.8. The average Bonchev–Trinajstić information content (AvgIpc) is 2.41. The molecule has 0 amide bonds. The van der Waals surface area contributed by atoms with Crippen LogP contribution in [0.15, 0.2) is 36.5 Å². The van der Waals surface area contributed by atoms with Crippen molar-refractivity contribution in [3.05, 3.63) is 52.7 Å². The second-order valence-electron chi connectivity index (χ2n) is 4.59. The Morgan fingerprint density at radius 3 is 2.68 bits per heavy atom. The molecule has 0 atom stereocenters. The quantitative estimate of drug-likeness (QED) is 0.914. The number of para-hydroxylation sites is 1. The lowest BCUT2D eigenvalue weighted by atomic mass is 10.0. The largest absolute Gasteiger partial charge is 0.437 e. The van der Waals surface area contributed by atoms with Crippen LogP contribution in [-0.2, 0) is 6.54 Å². The summed E-state index contributed by atoms with van der Waals surface area (Å²) >= 11 is 6.22. The predicted molar refractivity (Wildman–Crippen MR) is 77.7 cm³/mol. The van der Waals surface area contributed by atoms with E-state index in [4.69, 9.17) is 22.1 Å². The van der Waals surface area contributed by atoms with E-state index in [0.717, 1.165) is 16.9 Å². The summed E-state index contributed by atoms with van der Waals surface area (Å²) in [5, 5.41) is 0.476. The normalized spacial score (nSPS) is 10.8. The van der Waals surface area contributed by atoms with Gasteiger partial charge in [-0.15, -0.1) is 0 Å². The second-order valence-corrected chi connectivity index (χ2v) is 4.97. The SMILES string of the molecule is CC(C)c1ccccc1Oc1nccc(CN)c1Cl. The van der Waals surface area contributed by atoms with E-state index in [-0.39, 0.29) is 0 Å². The number of nitrogens with two attached hydrogens (primary N) is 1. The lowest BCUT2D eigenvalue weighted by Crippen LogP contribution is -2.00. The average molecular weight is 277 g/mol. The summed E-state index contributed by atoms with van der Waals surface area (Å²) in [4.78, 5) is 4.17. The van der Waals surface area contributed by atoms with Crippen LogP contribution in [-0.4, -0.2) is 4.98 Å². The van der Waals surface area contributed by atoms with Crippen LogP contribution in [0.5, 0.6) is 11.6 Å². The fraction of sp³-hybridized carbons (Fsp3) is 0.267. The topological polar surface area (TPSA) is 48.1 Å². The van der Waals surface area contributed by atoms with E-state index in [1.54, 1.807) is 12.3 Å². The zero-order valence-corrected chi connectivity index (χ0v) is 11.8. The van der Waals surface area contributed by atoms with Crippen molar-refractivity contribution >= 4 is 11.6 Å². The van der Waals surface area contributed by atoms with E-state index in [1.807, 2.05) is 24.3 Å². The predicted octanol–water partition coefficient (Wildman–Crippen LogP) is 4.11. The minimum absolute atomic E-state index is 0.365. The molecule has 1 aromatic heterocycles. The molecule has 0 bridgehead atoms. The monoisotopic (exact) mass is 276 g/mol. The summed E-state index contributed by atoms with van der Waals surface area (Å²) in [5.41, 5.74) is 7.57. The maximum absolute atomic E-state index is 6.22. The Kier molecular flexibility index (Phi) is 4.40. The molecule has 0 aliphatic rings. The van der Waals surface area contributed by atoms with Gasteiger partial charge in [0, 0.05) is 12.7 Å². The van der Waals surface area contributed by atoms with Gasteiger partial charge in [-0.2, -0.15) is 0 Å². The van der Waals surface area contributed by atoms with Crippen LogP contribution < -0.4 is 10.5 Å². The first-order chi connectivity index (χ1) is 9.13. The maximum atomic E-state index is 6.22. The van der Waals surface area contributed by atoms with Crippen LogP contribution in [0, 0.1) is 0 Å². The van der Waals surface area contributed by atoms with E-state index in [9.17, 15) is 0 Å². The number of ether oxygens (including phenoxy) is 1. The molecule has 2 rings (SSSR count). The lowest BCUT2D eigenvalue weighted by Gasteiger charge is -2.14. The zero-order valence-electron chi connectivity index (χ0n) is 11.1. The first kappa shape index (κ1) is 13.8. The third-order valence-corrected chi connectivity index (χ3v) is 3.31. The Bertz CT molecular complexity index is 570. The number of hydrogen-bond donors (Lipinski definition) is 1. The molecule has 0 unspecified atom stereocenters. The number of benzene rings is 1. The second kappa shape index (κ2) is 6.04. The van der Waals surface area contributed by atoms with Crippen molar-refractivity contribution in [2.75, 3.05) is 0 Å². The van der Waals surface area contributed by atoms with Gasteiger partial charge < -0.3 is 10.5 Å². The minimum atomic E-state index is 0.365. The van der Waals surface area contributed by atoms with Gasteiger partial charge in [-0.25, -0.2) is 4.98 Å². The van der Waals surface area contributed by atoms with Crippen molar-refractivity contribution in [3.63, 3.8) is 0 Å². The van der Waals surface area contributed by atoms with Crippen LogP contribution in [0.25, 0.3) is 0 Å². The van der Waals surface area contributed by atoms with Crippen molar-refractivity contribution in [2.45, 2.75) is 26.3 Å². The molecule has 0 saturated heterocycles. The van der Waals surface area contributed by atoms with Crippen molar-refractivity contribution in [1.29, 1.82) is 0 Å². The molecule has 3 nitrogen and oxygen atoms in total. The summed E-state index contributed by atoms with van der Waals surface area (Å²) in [6.45, 7) is 4.60. The van der Waals surface area contributed by atoms with E-state index < -0.39 is 0 Å². The number of halogens is 1. The van der Waals surface area contributed by atoms with E-state index >= 15 is 0 Å². The number of aromatic nitrogens is 1. The highest BCUT2D eigenvalue weighted by Gasteiger charge is 2.12. The van der Waals surface area contributed by atoms with Gasteiger partial charge in [0.25, 0.3) is 0 Å². The highest BCUT2D eigenvalue weighted by atomic mass is 35.5. The van der Waals surface area contributed by atoms with E-state index in [2.05, 4.69) is 18.8 Å². The number of hydrogen-bond acceptors (Lipinski definition) is 3. The molecule has 2 aromatic rings. The smallest absolute Gasteiger partial charge is 0.238 e. The molecule has 4 heteroatoms. The molecule has 19 heavy (non-hydrogen) atoms. The Hall–Kier alpha value is -1.58. The molecular formula is C15H17ClN2O. The molecule has 0 aliphatic heterocycles. The van der Waals surface area contributed by atoms with Crippen LogP contribution in [0.3, 0.4) is 0 Å². The Morgan fingerprint density at radius 1 is 1.26 bits per heavy atom. The van der Waals surface area contributed by atoms with Crippen LogP contribution >= 0.6 is 11.6 Å². The Labute approximate surface area is 118 Å². The number of nitrogens with zero attached hydrogens (tertiary/aromatic N) is 1. The summed E-state index contributed by atoms with van der Waals surface area (Å²) in [5.74, 6) is 1.55. The molecule has 100 valence electrons. The van der Waals surface area contributed by atoms with Crippen molar-refractivity contribution < 1.29 is 4.74 Å². The van der Waals surface area contributed by atoms with Gasteiger partial charge in [-0.1, -0.05) is 43.6 Å². The highest BCUT2D eigenvalue weighted by molar-refractivity contribution is 6.32. The van der Waals surface area contributed by atoms with Gasteiger partial charge >= 0.3 is 0 Å². The van der Waals surface area contributed by atoms with E-state index in [0.29, 0.717) is 23.4 Å². The number of rotatable bonds is 4. The third kappa shape index (κ3) is 3.06. The fourth-order valence-electron chi connectivity index (χ4n) is 1.85. The van der Waals surface area contributed by atoms with Crippen LogP contribution in [0.1, 0.15) is 30.9 Å². The van der Waals surface area contributed by atoms with E-state index in [1.165, 1.54) is 0 Å². The lowest BCUT2D eigenvalue weighted by molar-refractivity contribution is 0.454. The standard InChI is InChI=1S/C15H17ClN2O/c1-10(2)12-5-3-4-6-13(12)19-15-14(16)11(9-17)7-8-18-15/h3-8,10H,9,17H2,1-2H3. The molecule has 0 saturated carbocycles. The summed E-state index contributed by atoms with van der Waals surface area (Å²) < 4.78 is 5.85. The summed E-state index contributed by atoms with van der Waals surface area (Å²) in [6.07, 6.45) is 1.65. The van der Waals surface area contributed by atoms with Gasteiger partial charge in [0.1, 0.15) is 10.8 Å². The number of pyridine rings is 1. The first-order valence-corrected chi connectivity index (χ1v) is 6.61. The van der Waals surface area contributed by atoms with Crippen molar-refractivity contribution in [2.24, 2.45) is 5.73 Å². The van der Waals surface area contributed by atoms with Gasteiger partial charge in [0.2, 0.25) is 5.88 Å². The fourth-order valence-corrected chi connectivity index (χ4v) is 2.07. The van der Waals surface area contributed by atoms with Gasteiger partial charge in [-0.05, 0) is 29.2 Å². The van der Waals surface area contributed by atoms with Crippen LogP contribution in [0.4, 0.5) is 0 Å². The van der Waals surface area contributed by atoms with Crippen molar-refractivity contribution in [1.82, 2.24) is 4.98 Å². The summed E-state index contributed by atoms with van der Waals surface area (Å²) in [7, 11) is 0. The van der Waals surface area contributed by atoms with Gasteiger partial charge in [-0.3, -0.25) is 0 Å². The molecular weight excluding hydrogens is 260 g/mol. The molecule has 0 aliphatic carbocycles. The molecule has 1 aromatic carbocycles. The molecule has 0 spiro atoms. The first-order valence-electron chi connectivity index (χ1n) is 6.23. The van der Waals surface area contributed by atoms with Crippen LogP contribution in [0.2, 0.25) is 5.02 Å². The van der Waals surface area contributed by atoms with Crippen molar-refractivity contribution in [3.8, 4) is 11.6 Å². The maximum Gasteiger partial charge on any atom is 0.238 e. The Balaban J connectivity index is 2.37. The minimum Gasteiger partial charge on any atom is -0.437 e. The summed E-state index contributed by atoms with van der Waals surface area (Å²) in [6, 6.07) is 9.68. The Morgan fingerprint density at radius 2 is 2.00 bits per heavy atom. The van der Waals surface area contributed by atoms with Gasteiger partial charge in [0.15, 0.2) is 0 Å². The molecule has 1 heterocycles. The molecule has 0 fully saturated rings. The highest BCUT2D eigenvalue weighted by Crippen LogP contribution is 2.33. The third-order valence-electron chi connectivity index (χ3n) is 2.90.